The van der Waals surface area contributed by atoms with Crippen LogP contribution in [0.15, 0.2) is 84.9 Å². The molecule has 3 aromatic rings. The van der Waals surface area contributed by atoms with Crippen LogP contribution in [-0.4, -0.2) is 12.2 Å². The summed E-state index contributed by atoms with van der Waals surface area (Å²) >= 11 is 0. The summed E-state index contributed by atoms with van der Waals surface area (Å²) in [6.45, 7) is 8.03. The van der Waals surface area contributed by atoms with Gasteiger partial charge in [0.2, 0.25) is 0 Å². The molecule has 0 atom stereocenters. The van der Waals surface area contributed by atoms with Crippen LogP contribution < -0.4 is 10.6 Å². The molecule has 0 fully saturated rings. The fourth-order valence-electron chi connectivity index (χ4n) is 3.47. The van der Waals surface area contributed by atoms with Crippen LogP contribution in [0.2, 0.25) is 0 Å². The molecule has 6 heteroatoms. The van der Waals surface area contributed by atoms with Gasteiger partial charge >= 0.3 is 12.2 Å². The first-order valence-corrected chi connectivity index (χ1v) is 11.2. The van der Waals surface area contributed by atoms with E-state index in [0.717, 1.165) is 22.3 Å². The van der Waals surface area contributed by atoms with E-state index in [-0.39, 0.29) is 13.2 Å². The number of carbonyl (C=O) groups is 2. The fourth-order valence-corrected chi connectivity index (χ4v) is 3.47. The van der Waals surface area contributed by atoms with Gasteiger partial charge in [0.15, 0.2) is 0 Å². The number of rotatable bonds is 8. The zero-order chi connectivity index (χ0) is 24.6. The summed E-state index contributed by atoms with van der Waals surface area (Å²) < 4.78 is 10.8. The fraction of sp³-hybridized carbons (Fsp3) is 0.286. The molecule has 3 aromatic carbocycles. The molecule has 0 saturated heterocycles. The summed E-state index contributed by atoms with van der Waals surface area (Å²) in [5.41, 5.74) is 2.23. The second kappa shape index (κ2) is 10.9. The Morgan fingerprint density at radius 3 is 1.38 bits per heavy atom. The molecule has 0 heterocycles. The maximum absolute atomic E-state index is 12.4. The lowest BCUT2D eigenvalue weighted by Crippen LogP contribution is -2.43. The molecule has 0 aromatic heterocycles. The van der Waals surface area contributed by atoms with Crippen molar-refractivity contribution in [3.05, 3.63) is 107 Å². The zero-order valence-corrected chi connectivity index (χ0v) is 20.1. The third-order valence-electron chi connectivity index (χ3n) is 5.56. The Balaban J connectivity index is 1.61. The first-order valence-electron chi connectivity index (χ1n) is 11.2. The monoisotopic (exact) mass is 460 g/mol. The van der Waals surface area contributed by atoms with Crippen molar-refractivity contribution in [2.24, 2.45) is 0 Å². The molecule has 0 radical (unpaired) electrons. The standard InChI is InChI=1S/C28H32N2O4/c1-27(2,29-25(31)33-19-21-12-7-5-8-13-21)23-16-11-17-24(18-23)28(3,4)30-26(32)34-20-22-14-9-6-10-15-22/h5-18H,19-20H2,1-4H3,(H,29,31)(H,30,32). The minimum absolute atomic E-state index is 0.199. The molecule has 0 unspecified atom stereocenters. The molecule has 0 spiro atoms. The number of alkyl carbamates (subject to hydrolysis) is 2. The van der Waals surface area contributed by atoms with Crippen molar-refractivity contribution in [1.82, 2.24) is 10.6 Å². The van der Waals surface area contributed by atoms with E-state index in [4.69, 9.17) is 9.47 Å². The highest BCUT2D eigenvalue weighted by Crippen LogP contribution is 2.27. The third kappa shape index (κ3) is 7.10. The lowest BCUT2D eigenvalue weighted by molar-refractivity contribution is 0.129. The number of amides is 2. The summed E-state index contributed by atoms with van der Waals surface area (Å²) in [4.78, 5) is 24.8. The van der Waals surface area contributed by atoms with Gasteiger partial charge in [0.05, 0.1) is 11.1 Å². The van der Waals surface area contributed by atoms with E-state index < -0.39 is 23.3 Å². The third-order valence-corrected chi connectivity index (χ3v) is 5.56. The topological polar surface area (TPSA) is 76.7 Å². The highest BCUT2D eigenvalue weighted by atomic mass is 16.6. The molecule has 6 nitrogen and oxygen atoms in total. The SMILES string of the molecule is CC(C)(NC(=O)OCc1ccccc1)c1cccc(C(C)(C)NC(=O)OCc2ccccc2)c1. The Hall–Kier alpha value is -3.80. The van der Waals surface area contributed by atoms with Crippen LogP contribution in [0.5, 0.6) is 0 Å². The van der Waals surface area contributed by atoms with Gasteiger partial charge in [-0.3, -0.25) is 0 Å². The zero-order valence-electron chi connectivity index (χ0n) is 20.1. The molecular formula is C28H32N2O4. The predicted octanol–water partition coefficient (Wildman–Crippen LogP) is 6.01. The van der Waals surface area contributed by atoms with Crippen molar-refractivity contribution in [3.63, 3.8) is 0 Å². The smallest absolute Gasteiger partial charge is 0.408 e. The molecule has 0 saturated carbocycles. The van der Waals surface area contributed by atoms with Crippen LogP contribution >= 0.6 is 0 Å². The Morgan fingerprint density at radius 1 is 0.618 bits per heavy atom. The molecule has 0 aliphatic rings. The van der Waals surface area contributed by atoms with Gasteiger partial charge in [-0.2, -0.15) is 0 Å². The highest BCUT2D eigenvalue weighted by molar-refractivity contribution is 5.69. The first kappa shape index (κ1) is 24.8. The number of ether oxygens (including phenoxy) is 2. The van der Waals surface area contributed by atoms with Crippen LogP contribution in [-0.2, 0) is 33.8 Å². The van der Waals surface area contributed by atoms with Crippen molar-refractivity contribution in [3.8, 4) is 0 Å². The van der Waals surface area contributed by atoms with E-state index in [0.29, 0.717) is 0 Å². The molecule has 0 bridgehead atoms. The second-order valence-electron chi connectivity index (χ2n) is 9.20. The van der Waals surface area contributed by atoms with E-state index in [1.54, 1.807) is 0 Å². The van der Waals surface area contributed by atoms with Crippen molar-refractivity contribution >= 4 is 12.2 Å². The minimum Gasteiger partial charge on any atom is -0.445 e. The lowest BCUT2D eigenvalue weighted by Gasteiger charge is -2.30. The van der Waals surface area contributed by atoms with Crippen molar-refractivity contribution in [2.75, 3.05) is 0 Å². The number of carbonyl (C=O) groups excluding carboxylic acids is 2. The molecule has 34 heavy (non-hydrogen) atoms. The Labute approximate surface area is 201 Å². The van der Waals surface area contributed by atoms with Gasteiger partial charge in [0.25, 0.3) is 0 Å². The van der Waals surface area contributed by atoms with Gasteiger partial charge in [0.1, 0.15) is 13.2 Å². The predicted molar refractivity (Wildman–Crippen MR) is 132 cm³/mol. The van der Waals surface area contributed by atoms with E-state index in [1.807, 2.05) is 113 Å². The van der Waals surface area contributed by atoms with E-state index in [2.05, 4.69) is 10.6 Å². The number of hydrogen-bond acceptors (Lipinski definition) is 4. The van der Waals surface area contributed by atoms with Crippen LogP contribution in [0, 0.1) is 0 Å². The summed E-state index contributed by atoms with van der Waals surface area (Å²) in [5.74, 6) is 0. The largest absolute Gasteiger partial charge is 0.445 e. The highest BCUT2D eigenvalue weighted by Gasteiger charge is 2.28. The lowest BCUT2D eigenvalue weighted by atomic mass is 9.87. The van der Waals surface area contributed by atoms with Crippen LogP contribution in [0.1, 0.15) is 49.9 Å². The maximum atomic E-state index is 12.4. The van der Waals surface area contributed by atoms with Crippen molar-refractivity contribution in [2.45, 2.75) is 52.0 Å². The second-order valence-corrected chi connectivity index (χ2v) is 9.20. The molecule has 0 aliphatic carbocycles. The van der Waals surface area contributed by atoms with E-state index in [1.165, 1.54) is 0 Å². The van der Waals surface area contributed by atoms with Crippen molar-refractivity contribution < 1.29 is 19.1 Å². The van der Waals surface area contributed by atoms with Gasteiger partial charge in [-0.05, 0) is 49.9 Å². The maximum Gasteiger partial charge on any atom is 0.408 e. The molecule has 0 aliphatic heterocycles. The molecule has 2 amide bonds. The van der Waals surface area contributed by atoms with Crippen molar-refractivity contribution in [1.29, 1.82) is 0 Å². The minimum atomic E-state index is -0.687. The molecule has 3 rings (SSSR count). The van der Waals surface area contributed by atoms with Gasteiger partial charge in [-0.1, -0.05) is 84.9 Å². The van der Waals surface area contributed by atoms with E-state index >= 15 is 0 Å². The Bertz CT molecular complexity index is 1010. The Kier molecular flexibility index (Phi) is 7.95. The normalized spacial score (nSPS) is 11.4. The molecule has 178 valence electrons. The van der Waals surface area contributed by atoms with Gasteiger partial charge < -0.3 is 20.1 Å². The summed E-state index contributed by atoms with van der Waals surface area (Å²) in [5, 5.41) is 5.86. The summed E-state index contributed by atoms with van der Waals surface area (Å²) in [6.07, 6.45) is -0.998. The quantitative estimate of drug-likeness (QED) is 0.432. The number of benzene rings is 3. The van der Waals surface area contributed by atoms with Crippen LogP contribution in [0.3, 0.4) is 0 Å². The van der Waals surface area contributed by atoms with Gasteiger partial charge in [-0.25, -0.2) is 9.59 Å². The van der Waals surface area contributed by atoms with Gasteiger partial charge in [-0.15, -0.1) is 0 Å². The average Bonchev–Trinajstić information content (AvgIpc) is 2.82. The van der Waals surface area contributed by atoms with Gasteiger partial charge in [0, 0.05) is 0 Å². The molecular weight excluding hydrogens is 428 g/mol. The van der Waals surface area contributed by atoms with Crippen LogP contribution in [0.4, 0.5) is 9.59 Å². The first-order chi connectivity index (χ1) is 16.2. The Morgan fingerprint density at radius 2 is 1.00 bits per heavy atom. The van der Waals surface area contributed by atoms with E-state index in [9.17, 15) is 9.59 Å². The summed E-state index contributed by atoms with van der Waals surface area (Å²) in [6, 6.07) is 26.8. The number of nitrogens with one attached hydrogen (secondary N) is 2. The van der Waals surface area contributed by atoms with Crippen LogP contribution in [0.25, 0.3) is 0 Å². The number of hydrogen-bond donors (Lipinski definition) is 2. The average molecular weight is 461 g/mol. The summed E-state index contributed by atoms with van der Waals surface area (Å²) in [7, 11) is 0. The molecule has 2 N–H and O–H groups in total.